The van der Waals surface area contributed by atoms with Gasteiger partial charge in [-0.15, -0.1) is 0 Å². The van der Waals surface area contributed by atoms with Gasteiger partial charge in [0.05, 0.1) is 20.8 Å². The van der Waals surface area contributed by atoms with E-state index in [2.05, 4.69) is 4.98 Å². The maximum absolute atomic E-state index is 13.2. The van der Waals surface area contributed by atoms with Crippen LogP contribution in [0.4, 0.5) is 17.6 Å². The summed E-state index contributed by atoms with van der Waals surface area (Å²) in [5.74, 6) is -1.46. The summed E-state index contributed by atoms with van der Waals surface area (Å²) >= 11 is 17.4. The molecule has 0 aliphatic rings. The van der Waals surface area contributed by atoms with Gasteiger partial charge >= 0.3 is 6.18 Å². The van der Waals surface area contributed by atoms with Gasteiger partial charge in [0.25, 0.3) is 0 Å². The zero-order chi connectivity index (χ0) is 15.1. The molecule has 8 heteroatoms. The van der Waals surface area contributed by atoms with Gasteiger partial charge in [0, 0.05) is 5.56 Å². The SMILES string of the molecule is Fc1ccc(-c2ccc(Cl)c(Cl)c2Cl)nc1C(F)(F)F. The summed E-state index contributed by atoms with van der Waals surface area (Å²) in [5, 5.41) is 0.0930. The minimum absolute atomic E-state index is 0.00878. The highest BCUT2D eigenvalue weighted by Crippen LogP contribution is 2.38. The van der Waals surface area contributed by atoms with Crippen molar-refractivity contribution in [2.24, 2.45) is 0 Å². The Bertz CT molecular complexity index is 670. The van der Waals surface area contributed by atoms with Gasteiger partial charge in [-0.2, -0.15) is 13.2 Å². The van der Waals surface area contributed by atoms with Crippen molar-refractivity contribution in [3.05, 3.63) is 50.8 Å². The molecular weight excluding hydrogens is 340 g/mol. The normalized spacial score (nSPS) is 11.8. The lowest BCUT2D eigenvalue weighted by Crippen LogP contribution is -2.11. The van der Waals surface area contributed by atoms with Crippen molar-refractivity contribution in [3.63, 3.8) is 0 Å². The third-order valence-corrected chi connectivity index (χ3v) is 3.72. The lowest BCUT2D eigenvalue weighted by atomic mass is 10.1. The van der Waals surface area contributed by atoms with Gasteiger partial charge in [0.1, 0.15) is 0 Å². The van der Waals surface area contributed by atoms with Crippen LogP contribution in [-0.2, 0) is 6.18 Å². The van der Waals surface area contributed by atoms with E-state index in [1.165, 1.54) is 12.1 Å². The van der Waals surface area contributed by atoms with Crippen LogP contribution in [-0.4, -0.2) is 4.98 Å². The first-order chi connectivity index (χ1) is 9.21. The number of hydrogen-bond donors (Lipinski definition) is 0. The van der Waals surface area contributed by atoms with Gasteiger partial charge in [-0.05, 0) is 24.3 Å². The van der Waals surface area contributed by atoms with Crippen LogP contribution in [0.15, 0.2) is 24.3 Å². The Labute approximate surface area is 126 Å². The molecule has 2 rings (SSSR count). The lowest BCUT2D eigenvalue weighted by molar-refractivity contribution is -0.143. The Morgan fingerprint density at radius 2 is 1.55 bits per heavy atom. The molecule has 0 radical (unpaired) electrons. The largest absolute Gasteiger partial charge is 0.436 e. The first-order valence-electron chi connectivity index (χ1n) is 5.09. The fourth-order valence-corrected chi connectivity index (χ4v) is 2.15. The number of pyridine rings is 1. The van der Waals surface area contributed by atoms with Crippen molar-refractivity contribution in [1.29, 1.82) is 0 Å². The van der Waals surface area contributed by atoms with Crippen molar-refractivity contribution in [3.8, 4) is 11.3 Å². The van der Waals surface area contributed by atoms with E-state index in [0.717, 1.165) is 6.07 Å². The Morgan fingerprint density at radius 3 is 2.15 bits per heavy atom. The minimum Gasteiger partial charge on any atom is -0.240 e. The molecule has 0 aliphatic carbocycles. The van der Waals surface area contributed by atoms with E-state index in [-0.39, 0.29) is 26.3 Å². The molecule has 0 saturated heterocycles. The average Bonchev–Trinajstić information content (AvgIpc) is 2.36. The molecule has 0 aliphatic heterocycles. The van der Waals surface area contributed by atoms with Crippen LogP contribution in [0.2, 0.25) is 15.1 Å². The Morgan fingerprint density at radius 1 is 0.900 bits per heavy atom. The summed E-state index contributed by atoms with van der Waals surface area (Å²) in [6.07, 6.45) is -4.90. The second kappa shape index (κ2) is 5.39. The van der Waals surface area contributed by atoms with Crippen LogP contribution >= 0.6 is 34.8 Å². The molecule has 0 saturated carbocycles. The molecule has 1 heterocycles. The van der Waals surface area contributed by atoms with E-state index < -0.39 is 17.7 Å². The Hall–Kier alpha value is -1.04. The van der Waals surface area contributed by atoms with Crippen LogP contribution < -0.4 is 0 Å². The molecule has 2 aromatic rings. The molecule has 1 aromatic heterocycles. The molecular formula is C12H4Cl3F4N. The number of hydrogen-bond acceptors (Lipinski definition) is 1. The summed E-state index contributed by atoms with van der Waals surface area (Å²) in [5.41, 5.74) is -1.63. The smallest absolute Gasteiger partial charge is 0.240 e. The summed E-state index contributed by atoms with van der Waals surface area (Å²) < 4.78 is 51.0. The van der Waals surface area contributed by atoms with Gasteiger partial charge in [-0.3, -0.25) is 0 Å². The van der Waals surface area contributed by atoms with Crippen LogP contribution in [0.5, 0.6) is 0 Å². The molecule has 0 bridgehead atoms. The number of benzene rings is 1. The maximum Gasteiger partial charge on any atom is 0.436 e. The minimum atomic E-state index is -4.90. The zero-order valence-electron chi connectivity index (χ0n) is 9.40. The molecule has 0 fully saturated rings. The van der Waals surface area contributed by atoms with Gasteiger partial charge in [0.15, 0.2) is 11.5 Å². The third kappa shape index (κ3) is 2.85. The molecule has 0 spiro atoms. The van der Waals surface area contributed by atoms with Crippen molar-refractivity contribution in [2.45, 2.75) is 6.18 Å². The highest BCUT2D eigenvalue weighted by atomic mass is 35.5. The van der Waals surface area contributed by atoms with Gasteiger partial charge in [-0.1, -0.05) is 34.8 Å². The summed E-state index contributed by atoms with van der Waals surface area (Å²) in [4.78, 5) is 3.26. The van der Waals surface area contributed by atoms with E-state index in [4.69, 9.17) is 34.8 Å². The van der Waals surface area contributed by atoms with Gasteiger partial charge in [0.2, 0.25) is 0 Å². The molecule has 0 atom stereocenters. The monoisotopic (exact) mass is 343 g/mol. The highest BCUT2D eigenvalue weighted by Gasteiger charge is 2.36. The summed E-state index contributed by atoms with van der Waals surface area (Å²) in [7, 11) is 0. The number of nitrogens with zero attached hydrogens (tertiary/aromatic N) is 1. The van der Waals surface area contributed by atoms with Gasteiger partial charge < -0.3 is 0 Å². The highest BCUT2D eigenvalue weighted by molar-refractivity contribution is 6.49. The molecule has 0 amide bonds. The lowest BCUT2D eigenvalue weighted by Gasteiger charge is -2.11. The third-order valence-electron chi connectivity index (χ3n) is 2.43. The van der Waals surface area contributed by atoms with Gasteiger partial charge in [-0.25, -0.2) is 9.37 Å². The molecule has 0 N–H and O–H groups in total. The number of rotatable bonds is 1. The number of aromatic nitrogens is 1. The second-order valence-electron chi connectivity index (χ2n) is 3.75. The fraction of sp³-hybridized carbons (Fsp3) is 0.0833. The molecule has 0 unspecified atom stereocenters. The fourth-order valence-electron chi connectivity index (χ4n) is 1.51. The average molecular weight is 345 g/mol. The van der Waals surface area contributed by atoms with E-state index in [1.54, 1.807) is 0 Å². The van der Waals surface area contributed by atoms with E-state index in [9.17, 15) is 17.6 Å². The van der Waals surface area contributed by atoms with Crippen LogP contribution in [0.25, 0.3) is 11.3 Å². The Kier molecular flexibility index (Phi) is 4.14. The van der Waals surface area contributed by atoms with E-state index in [0.29, 0.717) is 6.07 Å². The second-order valence-corrected chi connectivity index (χ2v) is 4.91. The number of halogens is 7. The standard InChI is InChI=1S/C12H4Cl3F4N/c13-6-2-1-5(9(14)10(6)15)8-4-3-7(16)11(20-8)12(17,18)19/h1-4H. The van der Waals surface area contributed by atoms with E-state index >= 15 is 0 Å². The maximum atomic E-state index is 13.2. The summed E-state index contributed by atoms with van der Waals surface area (Å²) in [6, 6.07) is 4.47. The summed E-state index contributed by atoms with van der Waals surface area (Å²) in [6.45, 7) is 0. The predicted octanol–water partition coefficient (Wildman–Crippen LogP) is 5.87. The van der Waals surface area contributed by atoms with E-state index in [1.807, 2.05) is 0 Å². The topological polar surface area (TPSA) is 12.9 Å². The van der Waals surface area contributed by atoms with Crippen molar-refractivity contribution < 1.29 is 17.6 Å². The van der Waals surface area contributed by atoms with Crippen LogP contribution in [0, 0.1) is 5.82 Å². The number of alkyl halides is 3. The molecule has 106 valence electrons. The predicted molar refractivity (Wildman–Crippen MR) is 69.7 cm³/mol. The first-order valence-corrected chi connectivity index (χ1v) is 6.23. The first kappa shape index (κ1) is 15.4. The molecule has 20 heavy (non-hydrogen) atoms. The quantitative estimate of drug-likeness (QED) is 0.466. The Balaban J connectivity index is 2.63. The zero-order valence-corrected chi connectivity index (χ0v) is 11.7. The molecule has 1 aromatic carbocycles. The van der Waals surface area contributed by atoms with Crippen molar-refractivity contribution in [2.75, 3.05) is 0 Å². The van der Waals surface area contributed by atoms with Crippen molar-refractivity contribution in [1.82, 2.24) is 4.98 Å². The van der Waals surface area contributed by atoms with Crippen LogP contribution in [0.3, 0.4) is 0 Å². The van der Waals surface area contributed by atoms with Crippen LogP contribution in [0.1, 0.15) is 5.69 Å². The van der Waals surface area contributed by atoms with Crippen molar-refractivity contribution >= 4 is 34.8 Å². The molecule has 1 nitrogen and oxygen atoms in total.